The number of imidazole rings is 1. The van der Waals surface area contributed by atoms with Gasteiger partial charge >= 0.3 is 5.69 Å². The summed E-state index contributed by atoms with van der Waals surface area (Å²) in [5, 5.41) is 2.34. The fourth-order valence-electron chi connectivity index (χ4n) is 4.15. The molecule has 0 saturated carbocycles. The van der Waals surface area contributed by atoms with Gasteiger partial charge in [-0.15, -0.1) is 12.4 Å². The summed E-state index contributed by atoms with van der Waals surface area (Å²) in [4.78, 5) is 36.5. The van der Waals surface area contributed by atoms with Crippen molar-refractivity contribution in [2.24, 2.45) is 12.8 Å². The molecule has 166 valence electrons. The van der Waals surface area contributed by atoms with Crippen molar-refractivity contribution in [1.82, 2.24) is 14.5 Å². The highest BCUT2D eigenvalue weighted by Crippen LogP contribution is 2.24. The summed E-state index contributed by atoms with van der Waals surface area (Å²) in [6, 6.07) is 5.41. The number of unbranched alkanes of at least 4 members (excludes halogenated alkanes) is 6. The van der Waals surface area contributed by atoms with Gasteiger partial charge in [0, 0.05) is 13.5 Å². The van der Waals surface area contributed by atoms with E-state index in [9.17, 15) is 14.4 Å². The Bertz CT molecular complexity index is 934. The Balaban J connectivity index is 0.00000320. The first kappa shape index (κ1) is 24.2. The van der Waals surface area contributed by atoms with Gasteiger partial charge < -0.3 is 5.73 Å². The Hall–Kier alpha value is -2.12. The molecule has 3 N–H and O–H groups in total. The minimum absolute atomic E-state index is 0. The van der Waals surface area contributed by atoms with Gasteiger partial charge in [0.05, 0.1) is 11.0 Å². The number of aryl methyl sites for hydroxylation is 2. The van der Waals surface area contributed by atoms with E-state index in [1.54, 1.807) is 11.6 Å². The molecule has 1 aromatic heterocycles. The molecule has 0 aliphatic carbocycles. The number of halogens is 1. The molecule has 1 aromatic carbocycles. The van der Waals surface area contributed by atoms with Crippen LogP contribution < -0.4 is 16.7 Å². The van der Waals surface area contributed by atoms with E-state index in [4.69, 9.17) is 5.73 Å². The lowest BCUT2D eigenvalue weighted by Gasteiger charge is -2.21. The number of nitrogens with one attached hydrogen (secondary N) is 1. The predicted molar refractivity (Wildman–Crippen MR) is 121 cm³/mol. The van der Waals surface area contributed by atoms with Gasteiger partial charge in [0.15, 0.2) is 0 Å². The smallest absolute Gasteiger partial charge is 0.329 e. The molecule has 8 heteroatoms. The minimum atomic E-state index is -0.631. The van der Waals surface area contributed by atoms with Crippen LogP contribution in [0.5, 0.6) is 0 Å². The molecule has 1 unspecified atom stereocenters. The molecule has 2 amide bonds. The SMILES string of the molecule is Cl.Cn1c(=O)n(C2CCC(=O)NC2=O)c2ccc(CCCCCCCCCN)cc21. The number of carbonyl (C=O) groups excluding carboxylic acids is 2. The van der Waals surface area contributed by atoms with E-state index in [-0.39, 0.29) is 30.4 Å². The van der Waals surface area contributed by atoms with Crippen molar-refractivity contribution in [3.8, 4) is 0 Å². The summed E-state index contributed by atoms with van der Waals surface area (Å²) in [6.45, 7) is 0.788. The van der Waals surface area contributed by atoms with Crippen molar-refractivity contribution in [2.75, 3.05) is 6.54 Å². The molecule has 2 aromatic rings. The normalized spacial score (nSPS) is 16.5. The maximum absolute atomic E-state index is 12.8. The number of rotatable bonds is 10. The molecule has 0 bridgehead atoms. The number of carbonyl (C=O) groups is 2. The number of nitrogens with zero attached hydrogens (tertiary/aromatic N) is 2. The number of imide groups is 1. The van der Waals surface area contributed by atoms with E-state index in [0.717, 1.165) is 36.8 Å². The van der Waals surface area contributed by atoms with Crippen LogP contribution in [-0.2, 0) is 23.1 Å². The molecule has 30 heavy (non-hydrogen) atoms. The number of hydrogen-bond donors (Lipinski definition) is 2. The monoisotopic (exact) mass is 436 g/mol. The lowest BCUT2D eigenvalue weighted by molar-refractivity contribution is -0.135. The van der Waals surface area contributed by atoms with E-state index in [1.807, 2.05) is 12.1 Å². The molecule has 1 saturated heterocycles. The minimum Gasteiger partial charge on any atom is -0.330 e. The molecule has 0 radical (unpaired) electrons. The number of benzene rings is 1. The third kappa shape index (κ3) is 5.52. The largest absolute Gasteiger partial charge is 0.330 e. The molecule has 7 nitrogen and oxygen atoms in total. The zero-order chi connectivity index (χ0) is 20.8. The third-order valence-electron chi connectivity index (χ3n) is 5.85. The molecule has 1 aliphatic heterocycles. The molecule has 1 fully saturated rings. The first-order valence-corrected chi connectivity index (χ1v) is 10.8. The Morgan fingerprint density at radius 3 is 2.33 bits per heavy atom. The van der Waals surface area contributed by atoms with E-state index in [1.165, 1.54) is 42.2 Å². The van der Waals surface area contributed by atoms with Crippen molar-refractivity contribution < 1.29 is 9.59 Å². The zero-order valence-electron chi connectivity index (χ0n) is 17.7. The zero-order valence-corrected chi connectivity index (χ0v) is 18.5. The standard InChI is InChI=1S/C22H32N4O3.ClH/c1-25-19-15-16(9-7-5-3-2-4-6-8-14-23)10-11-17(19)26(22(25)29)18-12-13-20(27)24-21(18)28;/h10-11,15,18H,2-9,12-14,23H2,1H3,(H,24,27,28);1H. The molecular weight excluding hydrogens is 404 g/mol. The van der Waals surface area contributed by atoms with Crippen molar-refractivity contribution in [2.45, 2.75) is 70.3 Å². The highest BCUT2D eigenvalue weighted by atomic mass is 35.5. The second-order valence-corrected chi connectivity index (χ2v) is 8.02. The van der Waals surface area contributed by atoms with Crippen LogP contribution in [0.25, 0.3) is 11.0 Å². The average Bonchev–Trinajstić information content (AvgIpc) is 2.95. The Labute approximate surface area is 183 Å². The number of nitrogens with two attached hydrogens (primary N) is 1. The number of amides is 2. The Kier molecular flexibility index (Phi) is 9.11. The van der Waals surface area contributed by atoms with Gasteiger partial charge in [-0.3, -0.25) is 24.0 Å². The lowest BCUT2D eigenvalue weighted by Crippen LogP contribution is -2.44. The second kappa shape index (κ2) is 11.3. The van der Waals surface area contributed by atoms with Crippen molar-refractivity contribution in [3.05, 3.63) is 34.2 Å². The van der Waals surface area contributed by atoms with E-state index in [0.29, 0.717) is 6.42 Å². The van der Waals surface area contributed by atoms with Gasteiger partial charge in [0.2, 0.25) is 11.8 Å². The highest BCUT2D eigenvalue weighted by molar-refractivity contribution is 6.00. The van der Waals surface area contributed by atoms with Gasteiger partial charge in [-0.1, -0.05) is 38.2 Å². The Morgan fingerprint density at radius 1 is 1.00 bits per heavy atom. The number of piperidine rings is 1. The maximum Gasteiger partial charge on any atom is 0.329 e. The van der Waals surface area contributed by atoms with E-state index >= 15 is 0 Å². The molecule has 3 rings (SSSR count). The summed E-state index contributed by atoms with van der Waals surface area (Å²) in [7, 11) is 1.73. The van der Waals surface area contributed by atoms with Crippen LogP contribution in [0.4, 0.5) is 0 Å². The molecule has 0 spiro atoms. The highest BCUT2D eigenvalue weighted by Gasteiger charge is 2.31. The first-order chi connectivity index (χ1) is 14.0. The lowest BCUT2D eigenvalue weighted by atomic mass is 10.0. The van der Waals surface area contributed by atoms with Gasteiger partial charge in [0.25, 0.3) is 0 Å². The average molecular weight is 437 g/mol. The number of fused-ring (bicyclic) bond motifs is 1. The summed E-state index contributed by atoms with van der Waals surface area (Å²) < 4.78 is 3.13. The van der Waals surface area contributed by atoms with Crippen LogP contribution in [0.2, 0.25) is 0 Å². The summed E-state index contributed by atoms with van der Waals surface area (Å²) in [5.74, 6) is -0.674. The van der Waals surface area contributed by atoms with Crippen LogP contribution >= 0.6 is 12.4 Å². The van der Waals surface area contributed by atoms with E-state index in [2.05, 4.69) is 11.4 Å². The fourth-order valence-corrected chi connectivity index (χ4v) is 4.15. The van der Waals surface area contributed by atoms with Crippen molar-refractivity contribution >= 4 is 35.3 Å². The topological polar surface area (TPSA) is 99.1 Å². The first-order valence-electron chi connectivity index (χ1n) is 10.8. The van der Waals surface area contributed by atoms with Crippen LogP contribution in [0.15, 0.2) is 23.0 Å². The van der Waals surface area contributed by atoms with Gasteiger partial charge in [-0.25, -0.2) is 4.79 Å². The quantitative estimate of drug-likeness (QED) is 0.441. The van der Waals surface area contributed by atoms with Crippen LogP contribution in [0, 0.1) is 0 Å². The van der Waals surface area contributed by atoms with Crippen LogP contribution in [-0.4, -0.2) is 27.5 Å². The van der Waals surface area contributed by atoms with Crippen molar-refractivity contribution in [1.29, 1.82) is 0 Å². The molecule has 1 atom stereocenters. The van der Waals surface area contributed by atoms with Crippen LogP contribution in [0.3, 0.4) is 0 Å². The number of hydrogen-bond acceptors (Lipinski definition) is 4. The Morgan fingerprint density at radius 2 is 1.67 bits per heavy atom. The third-order valence-corrected chi connectivity index (χ3v) is 5.85. The predicted octanol–water partition coefficient (Wildman–Crippen LogP) is 2.97. The van der Waals surface area contributed by atoms with Gasteiger partial charge in [-0.05, 0) is 49.9 Å². The number of aromatic nitrogens is 2. The molecular formula is C22H33ClN4O3. The van der Waals surface area contributed by atoms with Gasteiger partial charge in [0.1, 0.15) is 6.04 Å². The second-order valence-electron chi connectivity index (χ2n) is 8.02. The van der Waals surface area contributed by atoms with Gasteiger partial charge in [-0.2, -0.15) is 0 Å². The molecule has 1 aliphatic rings. The summed E-state index contributed by atoms with van der Waals surface area (Å²) in [6.07, 6.45) is 10.1. The van der Waals surface area contributed by atoms with E-state index < -0.39 is 11.9 Å². The summed E-state index contributed by atoms with van der Waals surface area (Å²) in [5.41, 5.74) is 8.08. The molecule has 2 heterocycles. The summed E-state index contributed by atoms with van der Waals surface area (Å²) >= 11 is 0. The fraction of sp³-hybridized carbons (Fsp3) is 0.591. The van der Waals surface area contributed by atoms with Crippen LogP contribution in [0.1, 0.15) is 69.4 Å². The maximum atomic E-state index is 12.8. The van der Waals surface area contributed by atoms with Crippen molar-refractivity contribution in [3.63, 3.8) is 0 Å².